The van der Waals surface area contributed by atoms with Gasteiger partial charge in [-0.3, -0.25) is 4.79 Å². The SMILES string of the molecule is CCOC(=O)c1sc(NC(=O)C2CCCCN2S(=O)(=O)c2cccs2)cc1C. The highest BCUT2D eigenvalue weighted by atomic mass is 32.2. The Bertz CT molecular complexity index is 950. The van der Waals surface area contributed by atoms with E-state index < -0.39 is 22.0 Å². The monoisotopic (exact) mass is 442 g/mol. The first-order valence-corrected chi connectivity index (χ1v) is 12.1. The van der Waals surface area contributed by atoms with Gasteiger partial charge >= 0.3 is 5.97 Å². The van der Waals surface area contributed by atoms with E-state index in [0.29, 0.717) is 28.4 Å². The van der Waals surface area contributed by atoms with Crippen LogP contribution in [0.15, 0.2) is 27.8 Å². The second-order valence-corrected chi connectivity index (χ2v) is 10.5. The summed E-state index contributed by atoms with van der Waals surface area (Å²) in [5.74, 6) is -0.804. The third-order valence-electron chi connectivity index (χ3n) is 4.44. The Morgan fingerprint density at radius 2 is 2.14 bits per heavy atom. The van der Waals surface area contributed by atoms with Crippen LogP contribution >= 0.6 is 22.7 Å². The minimum Gasteiger partial charge on any atom is -0.462 e. The van der Waals surface area contributed by atoms with E-state index >= 15 is 0 Å². The van der Waals surface area contributed by atoms with Gasteiger partial charge in [-0.1, -0.05) is 12.5 Å². The smallest absolute Gasteiger partial charge is 0.348 e. The molecule has 0 aliphatic carbocycles. The van der Waals surface area contributed by atoms with E-state index in [9.17, 15) is 18.0 Å². The van der Waals surface area contributed by atoms with Crippen molar-refractivity contribution in [1.82, 2.24) is 4.31 Å². The molecule has 3 heterocycles. The van der Waals surface area contributed by atoms with Gasteiger partial charge in [-0.15, -0.1) is 22.7 Å². The number of anilines is 1. The Balaban J connectivity index is 1.79. The number of carbonyl (C=O) groups is 2. The summed E-state index contributed by atoms with van der Waals surface area (Å²) in [6.45, 7) is 4.09. The van der Waals surface area contributed by atoms with Gasteiger partial charge < -0.3 is 10.1 Å². The maximum Gasteiger partial charge on any atom is 0.348 e. The summed E-state index contributed by atoms with van der Waals surface area (Å²) in [5, 5.41) is 5.00. The molecule has 2 aromatic rings. The quantitative estimate of drug-likeness (QED) is 0.692. The van der Waals surface area contributed by atoms with Crippen LogP contribution in [-0.2, 0) is 19.6 Å². The number of nitrogens with one attached hydrogen (secondary N) is 1. The van der Waals surface area contributed by atoms with Gasteiger partial charge in [0.1, 0.15) is 15.1 Å². The van der Waals surface area contributed by atoms with E-state index in [0.717, 1.165) is 35.5 Å². The summed E-state index contributed by atoms with van der Waals surface area (Å²) in [7, 11) is -3.71. The number of nitrogens with zero attached hydrogens (tertiary/aromatic N) is 1. The molecular formula is C18H22N2O5S3. The summed E-state index contributed by atoms with van der Waals surface area (Å²) in [6, 6.07) is 4.17. The first-order chi connectivity index (χ1) is 13.3. The molecule has 28 heavy (non-hydrogen) atoms. The molecule has 1 amide bonds. The number of carbonyl (C=O) groups excluding carboxylic acids is 2. The summed E-state index contributed by atoms with van der Waals surface area (Å²) in [5.41, 5.74) is 0.713. The lowest BCUT2D eigenvalue weighted by Gasteiger charge is -2.33. The van der Waals surface area contributed by atoms with Crippen molar-refractivity contribution in [1.29, 1.82) is 0 Å². The molecule has 0 aromatic carbocycles. The highest BCUT2D eigenvalue weighted by Crippen LogP contribution is 2.31. The van der Waals surface area contributed by atoms with Crippen molar-refractivity contribution in [2.75, 3.05) is 18.5 Å². The van der Waals surface area contributed by atoms with Crippen LogP contribution in [-0.4, -0.2) is 43.8 Å². The maximum absolute atomic E-state index is 12.9. The topological polar surface area (TPSA) is 92.8 Å². The van der Waals surface area contributed by atoms with Gasteiger partial charge in [0.2, 0.25) is 5.91 Å². The molecule has 7 nitrogen and oxygen atoms in total. The standard InChI is InChI=1S/C18H22N2O5S3/c1-3-25-18(22)16-12(2)11-14(27-16)19-17(21)13-7-4-5-9-20(13)28(23,24)15-8-6-10-26-15/h6,8,10-11,13H,3-5,7,9H2,1-2H3,(H,19,21). The van der Waals surface area contributed by atoms with Gasteiger partial charge in [-0.05, 0) is 49.8 Å². The fourth-order valence-electron chi connectivity index (χ4n) is 3.13. The average Bonchev–Trinajstić information content (AvgIpc) is 3.32. The third-order valence-corrected chi connectivity index (χ3v) is 8.85. The molecule has 0 radical (unpaired) electrons. The second kappa shape index (κ2) is 8.73. The molecule has 0 spiro atoms. The molecule has 152 valence electrons. The van der Waals surface area contributed by atoms with Crippen LogP contribution in [0.3, 0.4) is 0 Å². The van der Waals surface area contributed by atoms with E-state index in [1.807, 2.05) is 0 Å². The van der Waals surface area contributed by atoms with Gasteiger partial charge in [-0.2, -0.15) is 4.31 Å². The lowest BCUT2D eigenvalue weighted by Crippen LogP contribution is -2.49. The third kappa shape index (κ3) is 4.29. The number of esters is 1. The predicted octanol–water partition coefficient (Wildman–Crippen LogP) is 3.48. The van der Waals surface area contributed by atoms with Gasteiger partial charge in [0, 0.05) is 6.54 Å². The fourth-order valence-corrected chi connectivity index (χ4v) is 6.87. The summed E-state index contributed by atoms with van der Waals surface area (Å²) in [4.78, 5) is 25.3. The highest BCUT2D eigenvalue weighted by Gasteiger charge is 2.38. The molecule has 1 saturated heterocycles. The summed E-state index contributed by atoms with van der Waals surface area (Å²) < 4.78 is 32.4. The summed E-state index contributed by atoms with van der Waals surface area (Å²) >= 11 is 2.28. The molecule has 3 rings (SSSR count). The minimum absolute atomic E-state index is 0.240. The van der Waals surface area contributed by atoms with Crippen LogP contribution in [0.4, 0.5) is 5.00 Å². The number of aryl methyl sites for hydroxylation is 1. The average molecular weight is 443 g/mol. The Labute approximate surface area is 172 Å². The molecule has 1 N–H and O–H groups in total. The van der Waals surface area contributed by atoms with Crippen molar-refractivity contribution in [3.05, 3.63) is 34.0 Å². The van der Waals surface area contributed by atoms with Gasteiger partial charge in [0.25, 0.3) is 10.0 Å². The first-order valence-electron chi connectivity index (χ1n) is 8.98. The van der Waals surface area contributed by atoms with Crippen LogP contribution < -0.4 is 5.32 Å². The van der Waals surface area contributed by atoms with E-state index in [-0.39, 0.29) is 16.7 Å². The zero-order valence-corrected chi connectivity index (χ0v) is 18.1. The normalized spacial score (nSPS) is 18.0. The lowest BCUT2D eigenvalue weighted by molar-refractivity contribution is -0.120. The molecular weight excluding hydrogens is 420 g/mol. The number of piperidine rings is 1. The van der Waals surface area contributed by atoms with E-state index in [1.54, 1.807) is 37.4 Å². The van der Waals surface area contributed by atoms with Crippen LogP contribution in [0.5, 0.6) is 0 Å². The Morgan fingerprint density at radius 1 is 1.36 bits per heavy atom. The van der Waals surface area contributed by atoms with Crippen molar-refractivity contribution in [3.63, 3.8) is 0 Å². The van der Waals surface area contributed by atoms with Crippen LogP contribution in [0.1, 0.15) is 41.4 Å². The van der Waals surface area contributed by atoms with Crippen LogP contribution in [0.25, 0.3) is 0 Å². The zero-order chi connectivity index (χ0) is 20.3. The number of ether oxygens (including phenoxy) is 1. The largest absolute Gasteiger partial charge is 0.462 e. The number of hydrogen-bond acceptors (Lipinski definition) is 7. The molecule has 1 aliphatic rings. The van der Waals surface area contributed by atoms with Crippen molar-refractivity contribution >= 4 is 49.6 Å². The van der Waals surface area contributed by atoms with Crippen molar-refractivity contribution in [3.8, 4) is 0 Å². The van der Waals surface area contributed by atoms with Crippen LogP contribution in [0.2, 0.25) is 0 Å². The minimum atomic E-state index is -3.71. The van der Waals surface area contributed by atoms with Crippen molar-refractivity contribution in [2.45, 2.75) is 43.4 Å². The number of hydrogen-bond donors (Lipinski definition) is 1. The Hall–Kier alpha value is -1.75. The molecule has 0 saturated carbocycles. The number of thiophene rings is 2. The van der Waals surface area contributed by atoms with Crippen LogP contribution in [0, 0.1) is 6.92 Å². The second-order valence-electron chi connectivity index (χ2n) is 6.39. The molecule has 2 aromatic heterocycles. The van der Waals surface area contributed by atoms with E-state index in [4.69, 9.17) is 4.74 Å². The molecule has 1 unspecified atom stereocenters. The van der Waals surface area contributed by atoms with Gasteiger partial charge in [-0.25, -0.2) is 13.2 Å². The molecule has 10 heteroatoms. The predicted molar refractivity (Wildman–Crippen MR) is 109 cm³/mol. The van der Waals surface area contributed by atoms with E-state index in [2.05, 4.69) is 5.32 Å². The molecule has 1 atom stereocenters. The molecule has 1 fully saturated rings. The molecule has 1 aliphatic heterocycles. The lowest BCUT2D eigenvalue weighted by atomic mass is 10.0. The Kier molecular flexibility index (Phi) is 6.54. The van der Waals surface area contributed by atoms with Gasteiger partial charge in [0.15, 0.2) is 0 Å². The molecule has 0 bridgehead atoms. The van der Waals surface area contributed by atoms with Crippen molar-refractivity contribution < 1.29 is 22.7 Å². The number of sulfonamides is 1. The number of rotatable bonds is 6. The van der Waals surface area contributed by atoms with E-state index in [1.165, 1.54) is 4.31 Å². The van der Waals surface area contributed by atoms with Gasteiger partial charge in [0.05, 0.1) is 11.6 Å². The zero-order valence-electron chi connectivity index (χ0n) is 15.6. The first kappa shape index (κ1) is 21.0. The maximum atomic E-state index is 12.9. The summed E-state index contributed by atoms with van der Waals surface area (Å²) in [6.07, 6.45) is 1.97. The fraction of sp³-hybridized carbons (Fsp3) is 0.444. The number of amides is 1. The Morgan fingerprint density at radius 3 is 2.82 bits per heavy atom. The van der Waals surface area contributed by atoms with Crippen molar-refractivity contribution in [2.24, 2.45) is 0 Å². The highest BCUT2D eigenvalue weighted by molar-refractivity contribution is 7.91.